The summed E-state index contributed by atoms with van der Waals surface area (Å²) in [5.41, 5.74) is 5.66. The quantitative estimate of drug-likeness (QED) is 0.517. The number of hydrogen-bond acceptors (Lipinski definition) is 4. The molecule has 1 aliphatic heterocycles. The van der Waals surface area contributed by atoms with E-state index in [1.54, 1.807) is 0 Å². The Hall–Kier alpha value is -0.720. The first-order valence-electron chi connectivity index (χ1n) is 7.07. The molecule has 1 aliphatic rings. The standard InChI is InChI=1S/C13H26N4OS/c1-3-4-5-15-12(18)10-16-6-8-17(9-7-16)11(2)13(14)19/h11H,3-10H2,1-2H3,(H2,14,19)(H,15,18). The Balaban J connectivity index is 2.22. The van der Waals surface area contributed by atoms with E-state index in [0.717, 1.165) is 45.6 Å². The predicted molar refractivity (Wildman–Crippen MR) is 82.2 cm³/mol. The van der Waals surface area contributed by atoms with Gasteiger partial charge in [-0.25, -0.2) is 0 Å². The summed E-state index contributed by atoms with van der Waals surface area (Å²) in [7, 11) is 0. The second-order valence-electron chi connectivity index (χ2n) is 5.09. The van der Waals surface area contributed by atoms with Crippen LogP contribution in [-0.2, 0) is 4.79 Å². The average Bonchev–Trinajstić information content (AvgIpc) is 2.39. The zero-order valence-corrected chi connectivity index (χ0v) is 12.8. The summed E-state index contributed by atoms with van der Waals surface area (Å²) in [6, 6.07) is 0.149. The van der Waals surface area contributed by atoms with Crippen molar-refractivity contribution in [2.24, 2.45) is 5.73 Å². The van der Waals surface area contributed by atoms with Gasteiger partial charge in [0.25, 0.3) is 0 Å². The highest BCUT2D eigenvalue weighted by Crippen LogP contribution is 2.06. The molecule has 3 N–H and O–H groups in total. The van der Waals surface area contributed by atoms with Crippen molar-refractivity contribution >= 4 is 23.1 Å². The van der Waals surface area contributed by atoms with Gasteiger partial charge in [-0.05, 0) is 13.3 Å². The molecule has 0 saturated carbocycles. The fourth-order valence-corrected chi connectivity index (χ4v) is 2.30. The van der Waals surface area contributed by atoms with Gasteiger partial charge in [-0.2, -0.15) is 0 Å². The van der Waals surface area contributed by atoms with E-state index in [4.69, 9.17) is 18.0 Å². The lowest BCUT2D eigenvalue weighted by Crippen LogP contribution is -2.54. The highest BCUT2D eigenvalue weighted by atomic mass is 32.1. The molecule has 0 aromatic heterocycles. The lowest BCUT2D eigenvalue weighted by Gasteiger charge is -2.37. The average molecular weight is 286 g/mol. The van der Waals surface area contributed by atoms with Gasteiger partial charge in [-0.3, -0.25) is 14.6 Å². The van der Waals surface area contributed by atoms with Gasteiger partial charge >= 0.3 is 0 Å². The topological polar surface area (TPSA) is 61.6 Å². The van der Waals surface area contributed by atoms with Gasteiger partial charge in [0, 0.05) is 32.7 Å². The maximum Gasteiger partial charge on any atom is 0.234 e. The number of carbonyl (C=O) groups excluding carboxylic acids is 1. The molecule has 1 amide bonds. The minimum atomic E-state index is 0.129. The molecule has 110 valence electrons. The van der Waals surface area contributed by atoms with E-state index < -0.39 is 0 Å². The van der Waals surface area contributed by atoms with E-state index in [9.17, 15) is 4.79 Å². The van der Waals surface area contributed by atoms with Crippen molar-refractivity contribution in [2.45, 2.75) is 32.7 Å². The molecule has 0 aromatic carbocycles. The second-order valence-corrected chi connectivity index (χ2v) is 5.57. The van der Waals surface area contributed by atoms with Gasteiger partial charge in [0.15, 0.2) is 0 Å². The minimum Gasteiger partial charge on any atom is -0.392 e. The number of piperazine rings is 1. The molecule has 1 fully saturated rings. The molecular weight excluding hydrogens is 260 g/mol. The van der Waals surface area contributed by atoms with Crippen molar-refractivity contribution < 1.29 is 4.79 Å². The van der Waals surface area contributed by atoms with Crippen LogP contribution >= 0.6 is 12.2 Å². The van der Waals surface area contributed by atoms with Crippen molar-refractivity contribution in [3.63, 3.8) is 0 Å². The fourth-order valence-electron chi connectivity index (χ4n) is 2.15. The Kier molecular flexibility index (Phi) is 7.27. The van der Waals surface area contributed by atoms with Crippen LogP contribution in [0.4, 0.5) is 0 Å². The summed E-state index contributed by atoms with van der Waals surface area (Å²) < 4.78 is 0. The molecule has 5 nitrogen and oxygen atoms in total. The summed E-state index contributed by atoms with van der Waals surface area (Å²) >= 11 is 5.02. The number of nitrogens with zero attached hydrogens (tertiary/aromatic N) is 2. The SMILES string of the molecule is CCCCNC(=O)CN1CCN(C(C)C(N)=S)CC1. The number of thiocarbonyl (C=S) groups is 1. The molecule has 1 unspecified atom stereocenters. The molecule has 1 rings (SSSR count). The van der Waals surface area contributed by atoms with Crippen LogP contribution in [0.1, 0.15) is 26.7 Å². The third-order valence-electron chi connectivity index (χ3n) is 3.59. The van der Waals surface area contributed by atoms with Gasteiger partial charge < -0.3 is 11.1 Å². The first-order valence-corrected chi connectivity index (χ1v) is 7.47. The van der Waals surface area contributed by atoms with Crippen LogP contribution in [0.15, 0.2) is 0 Å². The van der Waals surface area contributed by atoms with Crippen molar-refractivity contribution in [3.8, 4) is 0 Å². The highest BCUT2D eigenvalue weighted by molar-refractivity contribution is 7.80. The Labute approximate surface area is 121 Å². The first kappa shape index (κ1) is 16.3. The molecule has 0 aromatic rings. The smallest absolute Gasteiger partial charge is 0.234 e. The third kappa shape index (κ3) is 5.84. The number of carbonyl (C=O) groups is 1. The molecule has 0 radical (unpaired) electrons. The maximum atomic E-state index is 11.7. The van der Waals surface area contributed by atoms with Gasteiger partial charge in [-0.15, -0.1) is 0 Å². The van der Waals surface area contributed by atoms with E-state index in [-0.39, 0.29) is 11.9 Å². The van der Waals surface area contributed by atoms with Crippen LogP contribution in [-0.4, -0.2) is 66.0 Å². The second kappa shape index (κ2) is 8.45. The summed E-state index contributed by atoms with van der Waals surface area (Å²) in [4.78, 5) is 16.7. The Morgan fingerprint density at radius 3 is 2.53 bits per heavy atom. The van der Waals surface area contributed by atoms with E-state index in [1.165, 1.54) is 0 Å². The van der Waals surface area contributed by atoms with Crippen LogP contribution in [0.5, 0.6) is 0 Å². The molecule has 6 heteroatoms. The number of unbranched alkanes of at least 4 members (excludes halogenated alkanes) is 1. The van der Waals surface area contributed by atoms with E-state index in [2.05, 4.69) is 22.0 Å². The molecule has 1 heterocycles. The Bertz CT molecular complexity index is 303. The summed E-state index contributed by atoms with van der Waals surface area (Å²) in [5, 5.41) is 2.95. The molecule has 0 bridgehead atoms. The zero-order valence-electron chi connectivity index (χ0n) is 12.0. The van der Waals surface area contributed by atoms with Gasteiger partial charge in [0.05, 0.1) is 17.6 Å². The Morgan fingerprint density at radius 1 is 1.37 bits per heavy atom. The van der Waals surface area contributed by atoms with E-state index in [1.807, 2.05) is 6.92 Å². The predicted octanol–water partition coefficient (Wildman–Crippen LogP) is 0.195. The van der Waals surface area contributed by atoms with Crippen molar-refractivity contribution in [1.82, 2.24) is 15.1 Å². The Morgan fingerprint density at radius 2 is 2.00 bits per heavy atom. The van der Waals surface area contributed by atoms with Crippen LogP contribution < -0.4 is 11.1 Å². The van der Waals surface area contributed by atoms with Gasteiger partial charge in [0.1, 0.15) is 0 Å². The van der Waals surface area contributed by atoms with Crippen LogP contribution in [0.2, 0.25) is 0 Å². The van der Waals surface area contributed by atoms with Crippen molar-refractivity contribution in [3.05, 3.63) is 0 Å². The minimum absolute atomic E-state index is 0.129. The monoisotopic (exact) mass is 286 g/mol. The number of nitrogens with one attached hydrogen (secondary N) is 1. The third-order valence-corrected chi connectivity index (χ3v) is 3.93. The largest absolute Gasteiger partial charge is 0.392 e. The lowest BCUT2D eigenvalue weighted by atomic mass is 10.2. The molecule has 0 aliphatic carbocycles. The lowest BCUT2D eigenvalue weighted by molar-refractivity contribution is -0.122. The van der Waals surface area contributed by atoms with E-state index >= 15 is 0 Å². The number of hydrogen-bond donors (Lipinski definition) is 2. The number of rotatable bonds is 7. The summed E-state index contributed by atoms with van der Waals surface area (Å²) in [5.74, 6) is 0.129. The molecule has 19 heavy (non-hydrogen) atoms. The van der Waals surface area contributed by atoms with Gasteiger partial charge in [-0.1, -0.05) is 25.6 Å². The number of nitrogens with two attached hydrogens (primary N) is 1. The summed E-state index contributed by atoms with van der Waals surface area (Å²) in [6.07, 6.45) is 2.15. The molecular formula is C13H26N4OS. The normalized spacial score (nSPS) is 19.1. The fraction of sp³-hybridized carbons (Fsp3) is 0.846. The summed E-state index contributed by atoms with van der Waals surface area (Å²) in [6.45, 7) is 9.07. The van der Waals surface area contributed by atoms with Crippen molar-refractivity contribution in [2.75, 3.05) is 39.3 Å². The molecule has 1 saturated heterocycles. The highest BCUT2D eigenvalue weighted by Gasteiger charge is 2.23. The number of amides is 1. The molecule has 1 atom stereocenters. The first-order chi connectivity index (χ1) is 9.04. The maximum absolute atomic E-state index is 11.7. The zero-order chi connectivity index (χ0) is 14.3. The van der Waals surface area contributed by atoms with Crippen LogP contribution in [0.25, 0.3) is 0 Å². The van der Waals surface area contributed by atoms with E-state index in [0.29, 0.717) is 11.5 Å². The van der Waals surface area contributed by atoms with Crippen LogP contribution in [0.3, 0.4) is 0 Å². The van der Waals surface area contributed by atoms with Crippen LogP contribution in [0, 0.1) is 0 Å². The van der Waals surface area contributed by atoms with Gasteiger partial charge in [0.2, 0.25) is 5.91 Å². The molecule has 0 spiro atoms. The van der Waals surface area contributed by atoms with Crippen molar-refractivity contribution in [1.29, 1.82) is 0 Å².